The Morgan fingerprint density at radius 3 is 2.63 bits per heavy atom. The molecule has 10 heteroatoms. The maximum absolute atomic E-state index is 15.4. The van der Waals surface area contributed by atoms with Crippen molar-refractivity contribution < 1.29 is 18.7 Å². The highest BCUT2D eigenvalue weighted by Gasteiger charge is 2.19. The Morgan fingerprint density at radius 2 is 1.86 bits per heavy atom. The maximum atomic E-state index is 15.4. The standard InChI is InChI=1S/C25H21FN6O3/c1-3-35-24(33)18-12-27-32(15-18)25-29-20-13-28-31(22(20)23(30-25)34-2)14-17-10-7-11-19(21(17)26)16-8-5-4-6-9-16/h4-13,15H,3,14H2,1-2H3. The number of hydrogen-bond donors (Lipinski definition) is 0. The highest BCUT2D eigenvalue weighted by molar-refractivity contribution is 5.88. The highest BCUT2D eigenvalue weighted by Crippen LogP contribution is 2.28. The molecule has 0 fully saturated rings. The summed E-state index contributed by atoms with van der Waals surface area (Å²) in [5.41, 5.74) is 3.05. The van der Waals surface area contributed by atoms with Crippen LogP contribution < -0.4 is 4.74 Å². The second kappa shape index (κ2) is 9.34. The van der Waals surface area contributed by atoms with E-state index in [0.717, 1.165) is 5.56 Å². The van der Waals surface area contributed by atoms with Crippen molar-refractivity contribution in [1.82, 2.24) is 29.5 Å². The molecule has 0 N–H and O–H groups in total. The number of ether oxygens (including phenoxy) is 2. The lowest BCUT2D eigenvalue weighted by atomic mass is 10.0. The fourth-order valence-corrected chi connectivity index (χ4v) is 3.77. The molecule has 35 heavy (non-hydrogen) atoms. The molecule has 0 aliphatic rings. The molecule has 0 aliphatic carbocycles. The van der Waals surface area contributed by atoms with Gasteiger partial charge in [0.2, 0.25) is 5.88 Å². The number of aromatic nitrogens is 6. The van der Waals surface area contributed by atoms with Gasteiger partial charge in [-0.2, -0.15) is 15.2 Å². The number of benzene rings is 2. The third kappa shape index (κ3) is 4.21. The van der Waals surface area contributed by atoms with Gasteiger partial charge in [-0.1, -0.05) is 48.5 Å². The van der Waals surface area contributed by atoms with Crippen LogP contribution in [-0.4, -0.2) is 49.2 Å². The zero-order chi connectivity index (χ0) is 24.4. The largest absolute Gasteiger partial charge is 0.479 e. The Kier molecular flexibility index (Phi) is 5.92. The van der Waals surface area contributed by atoms with Crippen molar-refractivity contribution in [2.24, 2.45) is 0 Å². The van der Waals surface area contributed by atoms with Gasteiger partial charge in [-0.05, 0) is 12.5 Å². The molecule has 0 saturated heterocycles. The van der Waals surface area contributed by atoms with Crippen molar-refractivity contribution in [3.05, 3.63) is 84.1 Å². The van der Waals surface area contributed by atoms with Crippen LogP contribution in [0.5, 0.6) is 5.88 Å². The zero-order valence-electron chi connectivity index (χ0n) is 19.1. The summed E-state index contributed by atoms with van der Waals surface area (Å²) in [6.45, 7) is 2.14. The van der Waals surface area contributed by atoms with Gasteiger partial charge < -0.3 is 9.47 Å². The molecule has 0 atom stereocenters. The number of carbonyl (C=O) groups is 1. The number of hydrogen-bond acceptors (Lipinski definition) is 7. The molecular weight excluding hydrogens is 451 g/mol. The molecular formula is C25H21FN6O3. The lowest BCUT2D eigenvalue weighted by Crippen LogP contribution is -2.08. The van der Waals surface area contributed by atoms with E-state index in [-0.39, 0.29) is 36.4 Å². The van der Waals surface area contributed by atoms with E-state index in [4.69, 9.17) is 9.47 Å². The number of methoxy groups -OCH3 is 1. The first-order chi connectivity index (χ1) is 17.1. The predicted molar refractivity (Wildman–Crippen MR) is 126 cm³/mol. The van der Waals surface area contributed by atoms with Crippen LogP contribution in [0.1, 0.15) is 22.8 Å². The lowest BCUT2D eigenvalue weighted by Gasteiger charge is -2.11. The van der Waals surface area contributed by atoms with Crippen LogP contribution in [0.25, 0.3) is 28.1 Å². The molecule has 0 bridgehead atoms. The van der Waals surface area contributed by atoms with E-state index in [0.29, 0.717) is 22.2 Å². The van der Waals surface area contributed by atoms with Gasteiger partial charge in [-0.25, -0.2) is 18.9 Å². The van der Waals surface area contributed by atoms with Crippen LogP contribution in [0.3, 0.4) is 0 Å². The molecule has 0 amide bonds. The van der Waals surface area contributed by atoms with E-state index in [9.17, 15) is 4.79 Å². The molecule has 9 nitrogen and oxygen atoms in total. The van der Waals surface area contributed by atoms with Gasteiger partial charge in [0.25, 0.3) is 5.95 Å². The quantitative estimate of drug-likeness (QED) is 0.330. The van der Waals surface area contributed by atoms with Gasteiger partial charge in [0.05, 0.1) is 38.2 Å². The van der Waals surface area contributed by atoms with E-state index in [1.54, 1.807) is 29.9 Å². The van der Waals surface area contributed by atoms with Gasteiger partial charge in [0.15, 0.2) is 0 Å². The molecule has 0 aliphatic heterocycles. The summed E-state index contributed by atoms with van der Waals surface area (Å²) in [6, 6.07) is 14.7. The minimum absolute atomic E-state index is 0.157. The zero-order valence-corrected chi connectivity index (χ0v) is 19.1. The van der Waals surface area contributed by atoms with Crippen LogP contribution in [0, 0.1) is 5.82 Å². The van der Waals surface area contributed by atoms with E-state index < -0.39 is 5.97 Å². The third-order valence-corrected chi connectivity index (χ3v) is 5.42. The normalized spacial score (nSPS) is 11.1. The molecule has 3 aromatic heterocycles. The minimum Gasteiger partial charge on any atom is -0.479 e. The summed E-state index contributed by atoms with van der Waals surface area (Å²) in [6.07, 6.45) is 4.41. The summed E-state index contributed by atoms with van der Waals surface area (Å²) in [5.74, 6) is -0.363. The first-order valence-electron chi connectivity index (χ1n) is 10.9. The second-order valence-corrected chi connectivity index (χ2v) is 7.61. The van der Waals surface area contributed by atoms with Crippen molar-refractivity contribution >= 4 is 17.0 Å². The summed E-state index contributed by atoms with van der Waals surface area (Å²) in [7, 11) is 1.48. The van der Waals surface area contributed by atoms with Crippen LogP contribution in [-0.2, 0) is 11.3 Å². The summed E-state index contributed by atoms with van der Waals surface area (Å²) >= 11 is 0. The van der Waals surface area contributed by atoms with Crippen molar-refractivity contribution in [1.29, 1.82) is 0 Å². The molecule has 2 aromatic carbocycles. The molecule has 5 aromatic rings. The summed E-state index contributed by atoms with van der Waals surface area (Å²) in [5, 5.41) is 8.55. The van der Waals surface area contributed by atoms with Gasteiger partial charge >= 0.3 is 5.97 Å². The molecule has 3 heterocycles. The van der Waals surface area contributed by atoms with Crippen molar-refractivity contribution in [3.63, 3.8) is 0 Å². The average molecular weight is 472 g/mol. The van der Waals surface area contributed by atoms with Crippen molar-refractivity contribution in [2.75, 3.05) is 13.7 Å². The lowest BCUT2D eigenvalue weighted by molar-refractivity contribution is 0.0526. The molecule has 0 saturated carbocycles. The van der Waals surface area contributed by atoms with Crippen LogP contribution in [0.4, 0.5) is 4.39 Å². The Hall–Kier alpha value is -4.60. The van der Waals surface area contributed by atoms with Gasteiger partial charge in [-0.3, -0.25) is 4.68 Å². The fourth-order valence-electron chi connectivity index (χ4n) is 3.77. The number of nitrogens with zero attached hydrogens (tertiary/aromatic N) is 6. The summed E-state index contributed by atoms with van der Waals surface area (Å²) in [4.78, 5) is 20.9. The fraction of sp³-hybridized carbons (Fsp3) is 0.160. The Bertz CT molecular complexity index is 1510. The number of rotatable bonds is 7. The topological polar surface area (TPSA) is 97.0 Å². The second-order valence-electron chi connectivity index (χ2n) is 7.61. The average Bonchev–Trinajstić information content (AvgIpc) is 3.53. The van der Waals surface area contributed by atoms with Gasteiger partial charge in [0.1, 0.15) is 16.9 Å². The van der Waals surface area contributed by atoms with Crippen molar-refractivity contribution in [2.45, 2.75) is 13.5 Å². The third-order valence-electron chi connectivity index (χ3n) is 5.42. The number of esters is 1. The predicted octanol–water partition coefficient (Wildman–Crippen LogP) is 4.05. The van der Waals surface area contributed by atoms with Crippen LogP contribution >= 0.6 is 0 Å². The Labute approximate surface area is 199 Å². The van der Waals surface area contributed by atoms with E-state index in [1.807, 2.05) is 36.4 Å². The van der Waals surface area contributed by atoms with E-state index in [1.165, 1.54) is 24.2 Å². The number of halogens is 1. The Morgan fingerprint density at radius 1 is 1.03 bits per heavy atom. The number of carbonyl (C=O) groups excluding carboxylic acids is 1. The summed E-state index contributed by atoms with van der Waals surface area (Å²) < 4.78 is 28.8. The van der Waals surface area contributed by atoms with E-state index >= 15 is 4.39 Å². The molecule has 0 unspecified atom stereocenters. The first kappa shape index (κ1) is 22.2. The maximum Gasteiger partial charge on any atom is 0.341 e. The number of fused-ring (bicyclic) bond motifs is 1. The van der Waals surface area contributed by atoms with E-state index in [2.05, 4.69) is 20.2 Å². The van der Waals surface area contributed by atoms with Gasteiger partial charge in [-0.15, -0.1) is 0 Å². The van der Waals surface area contributed by atoms with Crippen molar-refractivity contribution in [3.8, 4) is 23.0 Å². The molecule has 5 rings (SSSR count). The minimum atomic E-state index is -0.487. The smallest absolute Gasteiger partial charge is 0.341 e. The molecule has 0 spiro atoms. The van der Waals surface area contributed by atoms with Crippen LogP contribution in [0.15, 0.2) is 67.1 Å². The first-order valence-corrected chi connectivity index (χ1v) is 10.9. The molecule has 176 valence electrons. The van der Waals surface area contributed by atoms with Crippen LogP contribution in [0.2, 0.25) is 0 Å². The van der Waals surface area contributed by atoms with Gasteiger partial charge in [0, 0.05) is 17.3 Å². The molecule has 0 radical (unpaired) electrons. The Balaban J connectivity index is 1.50. The SMILES string of the molecule is CCOC(=O)c1cnn(-c2nc(OC)c3c(cnn3Cc3cccc(-c4ccccc4)c3F)n2)c1. The highest BCUT2D eigenvalue weighted by atomic mass is 19.1. The monoisotopic (exact) mass is 472 g/mol.